The topological polar surface area (TPSA) is 68.8 Å². The van der Waals surface area contributed by atoms with Gasteiger partial charge in [-0.2, -0.15) is 5.10 Å². The maximum atomic E-state index is 13.2. The summed E-state index contributed by atoms with van der Waals surface area (Å²) in [5.74, 6) is 0.545. The molecule has 28 heavy (non-hydrogen) atoms. The summed E-state index contributed by atoms with van der Waals surface area (Å²) < 4.78 is 8.79. The van der Waals surface area contributed by atoms with Crippen LogP contribution >= 0.6 is 0 Å². The second-order valence-electron chi connectivity index (χ2n) is 8.00. The minimum Gasteiger partial charge on any atom is -0.444 e. The summed E-state index contributed by atoms with van der Waals surface area (Å²) in [6.07, 6.45) is 2.93. The van der Waals surface area contributed by atoms with Crippen molar-refractivity contribution in [1.82, 2.24) is 19.1 Å². The van der Waals surface area contributed by atoms with Crippen molar-refractivity contribution < 1.29 is 9.53 Å². The fourth-order valence-electron chi connectivity index (χ4n) is 3.62. The Morgan fingerprint density at radius 2 is 1.89 bits per heavy atom. The number of hydrogen-bond donors (Lipinski definition) is 0. The smallest absolute Gasteiger partial charge is 0.410 e. The van der Waals surface area contributed by atoms with Crippen LogP contribution in [-0.2, 0) is 4.74 Å². The lowest BCUT2D eigenvalue weighted by Gasteiger charge is -2.29. The van der Waals surface area contributed by atoms with Gasteiger partial charge in [0.1, 0.15) is 11.1 Å². The number of benzene rings is 1. The Balaban J connectivity index is 1.85. The molecule has 0 bridgehead atoms. The summed E-state index contributed by atoms with van der Waals surface area (Å²) in [4.78, 5) is 27.7. The van der Waals surface area contributed by atoms with Crippen LogP contribution in [0.2, 0.25) is 0 Å². The molecule has 3 heterocycles. The first-order valence-electron chi connectivity index (χ1n) is 9.50. The van der Waals surface area contributed by atoms with E-state index >= 15 is 0 Å². The van der Waals surface area contributed by atoms with E-state index in [9.17, 15) is 9.59 Å². The molecule has 1 aromatic carbocycles. The lowest BCUT2D eigenvalue weighted by molar-refractivity contribution is 0.0215. The number of amides is 1. The number of carbonyl (C=O) groups excluding carboxylic acids is 1. The number of hydrogen-bond acceptors (Lipinski definition) is 4. The molecule has 0 radical (unpaired) electrons. The second-order valence-corrected chi connectivity index (χ2v) is 8.00. The Morgan fingerprint density at radius 1 is 1.14 bits per heavy atom. The molecule has 1 aliphatic heterocycles. The Kier molecular flexibility index (Phi) is 4.45. The van der Waals surface area contributed by atoms with Gasteiger partial charge in [-0.3, -0.25) is 14.3 Å². The first kappa shape index (κ1) is 18.3. The number of ether oxygens (including phenoxy) is 1. The highest BCUT2D eigenvalue weighted by atomic mass is 16.6. The van der Waals surface area contributed by atoms with E-state index in [0.717, 1.165) is 18.5 Å². The van der Waals surface area contributed by atoms with E-state index in [2.05, 4.69) is 0 Å². The molecular formula is C21H24N4O3. The number of nitrogens with zero attached hydrogens (tertiary/aromatic N) is 4. The van der Waals surface area contributed by atoms with Crippen molar-refractivity contribution in [2.75, 3.05) is 6.54 Å². The highest BCUT2D eigenvalue weighted by molar-refractivity contribution is 5.69. The van der Waals surface area contributed by atoms with Crippen molar-refractivity contribution >= 4 is 11.6 Å². The zero-order valence-corrected chi connectivity index (χ0v) is 16.3. The lowest BCUT2D eigenvalue weighted by Crippen LogP contribution is -2.39. The van der Waals surface area contributed by atoms with Crippen LogP contribution in [0.15, 0.2) is 53.5 Å². The van der Waals surface area contributed by atoms with Gasteiger partial charge in [0.15, 0.2) is 5.82 Å². The van der Waals surface area contributed by atoms with Gasteiger partial charge in [-0.15, -0.1) is 0 Å². The van der Waals surface area contributed by atoms with Gasteiger partial charge in [-0.05, 0) is 57.9 Å². The van der Waals surface area contributed by atoms with Crippen LogP contribution < -0.4 is 5.56 Å². The highest BCUT2D eigenvalue weighted by Gasteiger charge is 2.36. The SMILES string of the molecule is CC(C)(C)OC(=O)N1CCC[C@H]1c1nn2cccc2c(=O)n1-c1ccccc1. The van der Waals surface area contributed by atoms with Gasteiger partial charge in [0, 0.05) is 12.7 Å². The Morgan fingerprint density at radius 3 is 2.61 bits per heavy atom. The molecule has 7 nitrogen and oxygen atoms in total. The molecule has 0 unspecified atom stereocenters. The standard InChI is InChI=1S/C21H24N4O3/c1-21(2,3)28-20(27)23-13-7-11-16(23)18-22-24-14-8-12-17(24)19(26)25(18)15-9-5-4-6-10-15/h4-6,8-10,12,14,16H,7,11,13H2,1-3H3/t16-/m0/s1. The fourth-order valence-corrected chi connectivity index (χ4v) is 3.62. The zero-order valence-electron chi connectivity index (χ0n) is 16.3. The van der Waals surface area contributed by atoms with Gasteiger partial charge in [0.05, 0.1) is 11.7 Å². The molecule has 1 atom stereocenters. The normalized spacial score (nSPS) is 17.2. The molecule has 0 spiro atoms. The van der Waals surface area contributed by atoms with Crippen LogP contribution in [0.3, 0.4) is 0 Å². The first-order chi connectivity index (χ1) is 13.3. The molecule has 146 valence electrons. The Bertz CT molecular complexity index is 1060. The molecule has 2 aromatic heterocycles. The fraction of sp³-hybridized carbons (Fsp3) is 0.381. The number of likely N-dealkylation sites (tertiary alicyclic amines) is 1. The van der Waals surface area contributed by atoms with E-state index in [0.29, 0.717) is 17.9 Å². The predicted octanol–water partition coefficient (Wildman–Crippen LogP) is 3.56. The minimum absolute atomic E-state index is 0.155. The summed E-state index contributed by atoms with van der Waals surface area (Å²) in [5, 5.41) is 4.71. The van der Waals surface area contributed by atoms with Crippen molar-refractivity contribution in [2.45, 2.75) is 45.3 Å². The number of fused-ring (bicyclic) bond motifs is 1. The number of carbonyl (C=O) groups is 1. The zero-order chi connectivity index (χ0) is 19.9. The average molecular weight is 380 g/mol. The van der Waals surface area contributed by atoms with Crippen LogP contribution in [0.1, 0.15) is 45.5 Å². The monoisotopic (exact) mass is 380 g/mol. The van der Waals surface area contributed by atoms with Crippen LogP contribution in [0.25, 0.3) is 11.2 Å². The summed E-state index contributed by atoms with van der Waals surface area (Å²) in [6.45, 7) is 6.12. The van der Waals surface area contributed by atoms with E-state index < -0.39 is 5.60 Å². The molecule has 1 aliphatic rings. The molecule has 7 heteroatoms. The summed E-state index contributed by atoms with van der Waals surface area (Å²) in [5.41, 5.74) is 0.489. The molecule has 1 fully saturated rings. The third kappa shape index (κ3) is 3.28. The minimum atomic E-state index is -0.582. The highest BCUT2D eigenvalue weighted by Crippen LogP contribution is 2.32. The van der Waals surface area contributed by atoms with E-state index in [-0.39, 0.29) is 17.7 Å². The summed E-state index contributed by atoms with van der Waals surface area (Å²) in [7, 11) is 0. The van der Waals surface area contributed by atoms with Crippen LogP contribution in [0, 0.1) is 0 Å². The maximum absolute atomic E-state index is 13.2. The van der Waals surface area contributed by atoms with Crippen molar-refractivity contribution in [2.24, 2.45) is 0 Å². The third-order valence-corrected chi connectivity index (χ3v) is 4.78. The van der Waals surface area contributed by atoms with E-state index in [1.165, 1.54) is 0 Å². The van der Waals surface area contributed by atoms with E-state index in [1.54, 1.807) is 32.3 Å². The Hall–Kier alpha value is -3.09. The molecule has 1 amide bonds. The molecule has 4 rings (SSSR count). The second kappa shape index (κ2) is 6.82. The molecule has 0 N–H and O–H groups in total. The van der Waals surface area contributed by atoms with Gasteiger partial charge in [-0.25, -0.2) is 9.31 Å². The van der Waals surface area contributed by atoms with Crippen molar-refractivity contribution in [1.29, 1.82) is 0 Å². The van der Waals surface area contributed by atoms with E-state index in [4.69, 9.17) is 9.84 Å². The third-order valence-electron chi connectivity index (χ3n) is 4.78. The van der Waals surface area contributed by atoms with Gasteiger partial charge in [-0.1, -0.05) is 18.2 Å². The molecule has 0 aliphatic carbocycles. The number of rotatable bonds is 2. The summed E-state index contributed by atoms with van der Waals surface area (Å²) >= 11 is 0. The van der Waals surface area contributed by atoms with Crippen molar-refractivity contribution in [3.63, 3.8) is 0 Å². The number of para-hydroxylation sites is 1. The van der Waals surface area contributed by atoms with Gasteiger partial charge in [0.2, 0.25) is 0 Å². The van der Waals surface area contributed by atoms with Crippen molar-refractivity contribution in [3.8, 4) is 5.69 Å². The first-order valence-corrected chi connectivity index (χ1v) is 9.50. The average Bonchev–Trinajstić information content (AvgIpc) is 3.30. The van der Waals surface area contributed by atoms with Crippen LogP contribution in [0.4, 0.5) is 4.79 Å². The summed E-state index contributed by atoms with van der Waals surface area (Å²) in [6, 6.07) is 12.6. The van der Waals surface area contributed by atoms with Crippen molar-refractivity contribution in [3.05, 3.63) is 64.8 Å². The molecule has 0 saturated carbocycles. The Labute approximate surface area is 163 Å². The van der Waals surface area contributed by atoms with Crippen LogP contribution in [-0.4, -0.2) is 37.3 Å². The lowest BCUT2D eigenvalue weighted by atomic mass is 10.2. The molecular weight excluding hydrogens is 356 g/mol. The predicted molar refractivity (Wildman–Crippen MR) is 106 cm³/mol. The largest absolute Gasteiger partial charge is 0.444 e. The molecule has 1 saturated heterocycles. The quantitative estimate of drug-likeness (QED) is 0.682. The maximum Gasteiger partial charge on any atom is 0.410 e. The molecule has 3 aromatic rings. The van der Waals surface area contributed by atoms with Gasteiger partial charge < -0.3 is 4.74 Å². The number of aromatic nitrogens is 3. The van der Waals surface area contributed by atoms with Crippen LogP contribution in [0.5, 0.6) is 0 Å². The van der Waals surface area contributed by atoms with Gasteiger partial charge >= 0.3 is 6.09 Å². The van der Waals surface area contributed by atoms with Gasteiger partial charge in [0.25, 0.3) is 5.56 Å². The van der Waals surface area contributed by atoms with E-state index in [1.807, 2.05) is 51.1 Å².